The van der Waals surface area contributed by atoms with Gasteiger partial charge in [-0.25, -0.2) is 9.55 Å². The maximum absolute atomic E-state index is 13.2. The predicted octanol–water partition coefficient (Wildman–Crippen LogP) is 5.69. The van der Waals surface area contributed by atoms with Gasteiger partial charge in [-0.15, -0.1) is 0 Å². The highest BCUT2D eigenvalue weighted by molar-refractivity contribution is 6.33. The summed E-state index contributed by atoms with van der Waals surface area (Å²) in [6, 6.07) is 10.3. The summed E-state index contributed by atoms with van der Waals surface area (Å²) in [5.41, 5.74) is -3.71. The third-order valence-corrected chi connectivity index (χ3v) is 4.46. The third-order valence-electron chi connectivity index (χ3n) is 4.14. The van der Waals surface area contributed by atoms with Crippen molar-refractivity contribution in [3.05, 3.63) is 81.2 Å². The second-order valence-corrected chi connectivity index (χ2v) is 6.58. The molecule has 0 fully saturated rings. The largest absolute Gasteiger partial charge is 0.433 e. The van der Waals surface area contributed by atoms with Gasteiger partial charge in [-0.05, 0) is 30.3 Å². The minimum Gasteiger partial charge on any atom is -0.313 e. The Kier molecular flexibility index (Phi) is 5.55. The number of rotatable bonds is 3. The fourth-order valence-corrected chi connectivity index (χ4v) is 2.96. The smallest absolute Gasteiger partial charge is 0.313 e. The fourth-order valence-electron chi connectivity index (χ4n) is 2.71. The highest BCUT2D eigenvalue weighted by Gasteiger charge is 2.35. The molecule has 3 aromatic rings. The molecule has 0 spiro atoms. The van der Waals surface area contributed by atoms with Gasteiger partial charge in [-0.2, -0.15) is 26.3 Å². The van der Waals surface area contributed by atoms with Crippen molar-refractivity contribution in [1.29, 1.82) is 0 Å². The van der Waals surface area contributed by atoms with Gasteiger partial charge in [0.2, 0.25) is 5.95 Å². The number of benzene rings is 2. The van der Waals surface area contributed by atoms with Crippen LogP contribution in [0.25, 0.3) is 5.69 Å². The van der Waals surface area contributed by atoms with E-state index in [0.717, 1.165) is 21.6 Å². The van der Waals surface area contributed by atoms with E-state index in [-0.39, 0.29) is 16.4 Å². The molecule has 158 valence electrons. The zero-order valence-electron chi connectivity index (χ0n) is 15.1. The normalized spacial score (nSPS) is 12.1. The first-order valence-electron chi connectivity index (χ1n) is 8.27. The van der Waals surface area contributed by atoms with E-state index in [1.807, 2.05) is 0 Å². The Bertz CT molecular complexity index is 1130. The molecule has 0 aliphatic rings. The molecule has 0 saturated heterocycles. The first-order valence-corrected chi connectivity index (χ1v) is 8.64. The Morgan fingerprint density at radius 2 is 1.57 bits per heavy atom. The first-order chi connectivity index (χ1) is 13.9. The average molecular weight is 448 g/mol. The number of anilines is 2. The van der Waals surface area contributed by atoms with E-state index in [9.17, 15) is 31.1 Å². The van der Waals surface area contributed by atoms with E-state index in [1.165, 1.54) is 19.2 Å². The molecule has 3 rings (SSSR count). The number of aromatic nitrogens is 2. The Labute approximate surface area is 171 Å². The summed E-state index contributed by atoms with van der Waals surface area (Å²) < 4.78 is 79.9. The van der Waals surface area contributed by atoms with Crippen molar-refractivity contribution < 1.29 is 26.3 Å². The van der Waals surface area contributed by atoms with Crippen molar-refractivity contribution in [1.82, 2.24) is 9.55 Å². The Balaban J connectivity index is 2.29. The maximum Gasteiger partial charge on any atom is 0.433 e. The molecule has 2 aromatic carbocycles. The summed E-state index contributed by atoms with van der Waals surface area (Å²) in [4.78, 5) is 17.0. The summed E-state index contributed by atoms with van der Waals surface area (Å²) >= 11 is 6.01. The maximum atomic E-state index is 13.2. The van der Waals surface area contributed by atoms with Crippen molar-refractivity contribution in [3.8, 4) is 5.69 Å². The SMILES string of the molecule is CN(c1cc(C(F)(F)F)ccc1Cl)c1nc(C(F)(F)F)cc(=O)n1-c1ccccc1. The fraction of sp³-hybridized carbons (Fsp3) is 0.158. The zero-order chi connectivity index (χ0) is 22.3. The van der Waals surface area contributed by atoms with Gasteiger partial charge in [0.25, 0.3) is 5.56 Å². The number of halogens is 7. The van der Waals surface area contributed by atoms with Gasteiger partial charge in [0.15, 0.2) is 5.69 Å². The van der Waals surface area contributed by atoms with E-state index in [0.29, 0.717) is 12.1 Å². The molecule has 0 aliphatic heterocycles. The summed E-state index contributed by atoms with van der Waals surface area (Å²) in [5.74, 6) is -0.553. The van der Waals surface area contributed by atoms with Crippen molar-refractivity contribution in [3.63, 3.8) is 0 Å². The number of hydrogen-bond donors (Lipinski definition) is 0. The van der Waals surface area contributed by atoms with Gasteiger partial charge in [0, 0.05) is 13.1 Å². The molecule has 0 atom stereocenters. The topological polar surface area (TPSA) is 38.1 Å². The third kappa shape index (κ3) is 4.28. The number of alkyl halides is 6. The molecular weight excluding hydrogens is 436 g/mol. The molecule has 30 heavy (non-hydrogen) atoms. The van der Waals surface area contributed by atoms with Crippen LogP contribution >= 0.6 is 11.6 Å². The lowest BCUT2D eigenvalue weighted by Gasteiger charge is -2.25. The number of nitrogens with zero attached hydrogens (tertiary/aromatic N) is 3. The second kappa shape index (κ2) is 7.67. The van der Waals surface area contributed by atoms with E-state index in [2.05, 4.69) is 4.98 Å². The van der Waals surface area contributed by atoms with Crippen LogP contribution in [-0.2, 0) is 12.4 Å². The standard InChI is InChI=1S/C19H12ClF6N3O/c1-28(14-9-11(18(21,22)23)7-8-13(14)20)17-27-15(19(24,25)26)10-16(30)29(17)12-5-3-2-4-6-12/h2-10H,1H3. The molecule has 11 heteroatoms. The van der Waals surface area contributed by atoms with Crippen LogP contribution in [0.3, 0.4) is 0 Å². The van der Waals surface area contributed by atoms with Gasteiger partial charge in [0.1, 0.15) is 0 Å². The molecule has 0 aliphatic carbocycles. The molecule has 4 nitrogen and oxygen atoms in total. The minimum absolute atomic E-state index is 0.170. The molecule has 1 aromatic heterocycles. The first kappa shape index (κ1) is 21.7. The number of hydrogen-bond acceptors (Lipinski definition) is 3. The molecule has 0 unspecified atom stereocenters. The van der Waals surface area contributed by atoms with Crippen LogP contribution in [0, 0.1) is 0 Å². The van der Waals surface area contributed by atoms with Gasteiger partial charge in [-0.1, -0.05) is 29.8 Å². The van der Waals surface area contributed by atoms with Crippen molar-refractivity contribution >= 4 is 23.2 Å². The van der Waals surface area contributed by atoms with Crippen LogP contribution in [0.1, 0.15) is 11.3 Å². The van der Waals surface area contributed by atoms with E-state index < -0.39 is 35.1 Å². The highest BCUT2D eigenvalue weighted by atomic mass is 35.5. The summed E-state index contributed by atoms with van der Waals surface area (Å²) in [6.45, 7) is 0. The molecule has 0 bridgehead atoms. The average Bonchev–Trinajstić information content (AvgIpc) is 2.66. The van der Waals surface area contributed by atoms with Crippen molar-refractivity contribution in [2.75, 3.05) is 11.9 Å². The highest BCUT2D eigenvalue weighted by Crippen LogP contribution is 2.37. The summed E-state index contributed by atoms with van der Waals surface area (Å²) in [5, 5.41) is -0.170. The van der Waals surface area contributed by atoms with Gasteiger partial charge >= 0.3 is 12.4 Å². The lowest BCUT2D eigenvalue weighted by atomic mass is 10.2. The molecular formula is C19H12ClF6N3O. The second-order valence-electron chi connectivity index (χ2n) is 6.17. The van der Waals surface area contributed by atoms with E-state index in [1.54, 1.807) is 18.2 Å². The van der Waals surface area contributed by atoms with Gasteiger partial charge in [0.05, 0.1) is 22.0 Å². The van der Waals surface area contributed by atoms with E-state index >= 15 is 0 Å². The molecule has 0 saturated carbocycles. The molecule has 0 N–H and O–H groups in total. The quantitative estimate of drug-likeness (QED) is 0.484. The molecule has 0 amide bonds. The summed E-state index contributed by atoms with van der Waals surface area (Å²) in [6.07, 6.45) is -9.65. The van der Waals surface area contributed by atoms with E-state index in [4.69, 9.17) is 11.6 Å². The van der Waals surface area contributed by atoms with Gasteiger partial charge < -0.3 is 4.90 Å². The Hall–Kier alpha value is -3.01. The van der Waals surface area contributed by atoms with Gasteiger partial charge in [-0.3, -0.25) is 4.79 Å². The molecule has 0 radical (unpaired) electrons. The monoisotopic (exact) mass is 447 g/mol. The van der Waals surface area contributed by atoms with Crippen molar-refractivity contribution in [2.24, 2.45) is 0 Å². The van der Waals surface area contributed by atoms with Crippen LogP contribution in [0.2, 0.25) is 5.02 Å². The summed E-state index contributed by atoms with van der Waals surface area (Å²) in [7, 11) is 1.17. The van der Waals surface area contributed by atoms with Crippen LogP contribution in [0.5, 0.6) is 0 Å². The van der Waals surface area contributed by atoms with Crippen LogP contribution in [-0.4, -0.2) is 16.6 Å². The van der Waals surface area contributed by atoms with Crippen LogP contribution in [0.4, 0.5) is 38.0 Å². The van der Waals surface area contributed by atoms with Crippen LogP contribution in [0.15, 0.2) is 59.4 Å². The van der Waals surface area contributed by atoms with Crippen molar-refractivity contribution in [2.45, 2.75) is 12.4 Å². The Morgan fingerprint density at radius 1 is 0.933 bits per heavy atom. The van der Waals surface area contributed by atoms with Crippen LogP contribution < -0.4 is 10.5 Å². The predicted molar refractivity (Wildman–Crippen MR) is 99.4 cm³/mol. The molecule has 1 heterocycles. The zero-order valence-corrected chi connectivity index (χ0v) is 15.8. The Morgan fingerprint density at radius 3 is 2.13 bits per heavy atom. The lowest BCUT2D eigenvalue weighted by Crippen LogP contribution is -2.29. The minimum atomic E-state index is -4.94. The lowest BCUT2D eigenvalue weighted by molar-refractivity contribution is -0.141. The number of para-hydroxylation sites is 1.